The van der Waals surface area contributed by atoms with E-state index < -0.39 is 5.92 Å². The molecule has 1 atom stereocenters. The van der Waals surface area contributed by atoms with Gasteiger partial charge in [0, 0.05) is 23.6 Å². The van der Waals surface area contributed by atoms with Gasteiger partial charge >= 0.3 is 0 Å². The third-order valence-corrected chi connectivity index (χ3v) is 3.35. The first kappa shape index (κ1) is 15.1. The molecule has 0 bridgehead atoms. The van der Waals surface area contributed by atoms with Gasteiger partial charge in [0.1, 0.15) is 5.82 Å². The largest absolute Gasteiger partial charge is 0.396 e. The van der Waals surface area contributed by atoms with Gasteiger partial charge in [-0.05, 0) is 24.6 Å². The summed E-state index contributed by atoms with van der Waals surface area (Å²) in [7, 11) is 1.61. The van der Waals surface area contributed by atoms with Crippen LogP contribution in [-0.2, 0) is 11.3 Å². The second kappa shape index (κ2) is 6.85. The predicted molar refractivity (Wildman–Crippen MR) is 71.4 cm³/mol. The van der Waals surface area contributed by atoms with Crippen LogP contribution in [-0.4, -0.2) is 29.6 Å². The lowest BCUT2D eigenvalue weighted by Crippen LogP contribution is -2.34. The highest BCUT2D eigenvalue weighted by atomic mass is 79.9. The highest BCUT2D eigenvalue weighted by molar-refractivity contribution is 9.10. The quantitative estimate of drug-likeness (QED) is 0.906. The lowest BCUT2D eigenvalue weighted by atomic mass is 10.1. The number of amides is 1. The van der Waals surface area contributed by atoms with E-state index in [1.165, 1.54) is 11.0 Å². The smallest absolute Gasteiger partial charge is 0.228 e. The monoisotopic (exact) mass is 317 g/mol. The molecule has 1 aromatic rings. The van der Waals surface area contributed by atoms with Crippen molar-refractivity contribution in [3.8, 4) is 0 Å². The van der Waals surface area contributed by atoms with Gasteiger partial charge in [-0.3, -0.25) is 4.79 Å². The number of hydrogen-bond acceptors (Lipinski definition) is 2. The van der Waals surface area contributed by atoms with E-state index in [1.807, 2.05) is 6.92 Å². The number of halogens is 2. The zero-order valence-electron chi connectivity index (χ0n) is 10.5. The molecular formula is C13H17BrFNO2. The Hall–Kier alpha value is -0.940. The second-order valence-electron chi connectivity index (χ2n) is 4.22. The molecule has 1 rings (SSSR count). The third-order valence-electron chi connectivity index (χ3n) is 2.85. The van der Waals surface area contributed by atoms with Crippen LogP contribution in [0.5, 0.6) is 0 Å². The third kappa shape index (κ3) is 3.78. The molecule has 0 aliphatic carbocycles. The number of aliphatic hydroxyl groups is 1. The molecule has 1 N–H and O–H groups in total. The standard InChI is InChI=1S/C13H17BrFNO2/c1-3-9(8-17)13(18)16(2)7-10-6-11(14)4-5-12(10)15/h4-6,9,17H,3,7-8H2,1-2H3. The van der Waals surface area contributed by atoms with E-state index in [9.17, 15) is 9.18 Å². The van der Waals surface area contributed by atoms with Gasteiger partial charge in [0.25, 0.3) is 0 Å². The summed E-state index contributed by atoms with van der Waals surface area (Å²) in [6.45, 7) is 1.85. The minimum Gasteiger partial charge on any atom is -0.396 e. The second-order valence-corrected chi connectivity index (χ2v) is 5.13. The number of carbonyl (C=O) groups excluding carboxylic acids is 1. The van der Waals surface area contributed by atoms with Crippen LogP contribution in [0.3, 0.4) is 0 Å². The molecule has 1 aromatic carbocycles. The highest BCUT2D eigenvalue weighted by Gasteiger charge is 2.20. The molecule has 3 nitrogen and oxygen atoms in total. The summed E-state index contributed by atoms with van der Waals surface area (Å²) in [5, 5.41) is 9.08. The minimum absolute atomic E-state index is 0.167. The Morgan fingerprint density at radius 1 is 1.56 bits per heavy atom. The molecule has 1 amide bonds. The van der Waals surface area contributed by atoms with E-state index in [2.05, 4.69) is 15.9 Å². The molecule has 0 aliphatic heterocycles. The normalized spacial score (nSPS) is 12.3. The van der Waals surface area contributed by atoms with Crippen molar-refractivity contribution in [3.05, 3.63) is 34.1 Å². The van der Waals surface area contributed by atoms with Crippen molar-refractivity contribution in [1.29, 1.82) is 0 Å². The Morgan fingerprint density at radius 3 is 2.78 bits per heavy atom. The number of benzene rings is 1. The first-order valence-corrected chi connectivity index (χ1v) is 6.58. The maximum Gasteiger partial charge on any atom is 0.228 e. The molecule has 0 aromatic heterocycles. The van der Waals surface area contributed by atoms with E-state index in [0.29, 0.717) is 12.0 Å². The number of carbonyl (C=O) groups is 1. The first-order valence-electron chi connectivity index (χ1n) is 5.79. The van der Waals surface area contributed by atoms with Gasteiger partial charge in [0.2, 0.25) is 5.91 Å². The van der Waals surface area contributed by atoms with Crippen LogP contribution in [0.25, 0.3) is 0 Å². The van der Waals surface area contributed by atoms with Crippen LogP contribution in [0.4, 0.5) is 4.39 Å². The van der Waals surface area contributed by atoms with E-state index in [-0.39, 0.29) is 24.9 Å². The van der Waals surface area contributed by atoms with Gasteiger partial charge in [-0.2, -0.15) is 0 Å². The van der Waals surface area contributed by atoms with E-state index in [4.69, 9.17) is 5.11 Å². The molecule has 18 heavy (non-hydrogen) atoms. The van der Waals surface area contributed by atoms with Crippen molar-refractivity contribution in [1.82, 2.24) is 4.90 Å². The van der Waals surface area contributed by atoms with Gasteiger partial charge in [-0.1, -0.05) is 22.9 Å². The van der Waals surface area contributed by atoms with Gasteiger partial charge < -0.3 is 10.0 Å². The summed E-state index contributed by atoms with van der Waals surface area (Å²) in [5.41, 5.74) is 0.452. The van der Waals surface area contributed by atoms with Gasteiger partial charge in [0.15, 0.2) is 0 Å². The molecule has 0 radical (unpaired) electrons. The number of aliphatic hydroxyl groups excluding tert-OH is 1. The molecule has 0 fully saturated rings. The van der Waals surface area contributed by atoms with E-state index in [0.717, 1.165) is 4.47 Å². The van der Waals surface area contributed by atoms with Gasteiger partial charge in [0.05, 0.1) is 12.5 Å². The predicted octanol–water partition coefficient (Wildman–Crippen LogP) is 2.57. The average Bonchev–Trinajstić information content (AvgIpc) is 2.35. The van der Waals surface area contributed by atoms with Crippen LogP contribution in [0.1, 0.15) is 18.9 Å². The molecule has 5 heteroatoms. The molecule has 0 saturated heterocycles. The van der Waals surface area contributed by atoms with Crippen LogP contribution < -0.4 is 0 Å². The van der Waals surface area contributed by atoms with Crippen molar-refractivity contribution >= 4 is 21.8 Å². The average molecular weight is 318 g/mol. The van der Waals surface area contributed by atoms with Crippen molar-refractivity contribution in [3.63, 3.8) is 0 Å². The molecule has 0 aliphatic rings. The lowest BCUT2D eigenvalue weighted by Gasteiger charge is -2.22. The number of hydrogen-bond donors (Lipinski definition) is 1. The molecule has 1 unspecified atom stereocenters. The molecule has 0 spiro atoms. The van der Waals surface area contributed by atoms with Crippen LogP contribution in [0, 0.1) is 11.7 Å². The maximum absolute atomic E-state index is 13.6. The highest BCUT2D eigenvalue weighted by Crippen LogP contribution is 2.18. The summed E-state index contributed by atoms with van der Waals surface area (Å²) in [6.07, 6.45) is 0.570. The maximum atomic E-state index is 13.6. The van der Waals surface area contributed by atoms with Crippen molar-refractivity contribution in [2.24, 2.45) is 5.92 Å². The van der Waals surface area contributed by atoms with Gasteiger partial charge in [-0.15, -0.1) is 0 Å². The summed E-state index contributed by atoms with van der Waals surface area (Å²) < 4.78 is 14.3. The SMILES string of the molecule is CCC(CO)C(=O)N(C)Cc1cc(Br)ccc1F. The Labute approximate surface area is 115 Å². The fourth-order valence-corrected chi connectivity index (χ4v) is 2.10. The fourth-order valence-electron chi connectivity index (χ4n) is 1.69. The van der Waals surface area contributed by atoms with E-state index >= 15 is 0 Å². The fraction of sp³-hybridized carbons (Fsp3) is 0.462. The summed E-state index contributed by atoms with van der Waals surface area (Å²) in [5.74, 6) is -0.917. The minimum atomic E-state index is -0.412. The number of nitrogens with zero attached hydrogens (tertiary/aromatic N) is 1. The summed E-state index contributed by atoms with van der Waals surface area (Å²) in [6, 6.07) is 4.63. The molecular weight excluding hydrogens is 301 g/mol. The molecule has 0 saturated carbocycles. The lowest BCUT2D eigenvalue weighted by molar-refractivity contribution is -0.136. The number of rotatable bonds is 5. The van der Waals surface area contributed by atoms with Crippen molar-refractivity contribution in [2.75, 3.05) is 13.7 Å². The topological polar surface area (TPSA) is 40.5 Å². The Morgan fingerprint density at radius 2 is 2.22 bits per heavy atom. The summed E-state index contributed by atoms with van der Waals surface area (Å²) in [4.78, 5) is 13.4. The summed E-state index contributed by atoms with van der Waals surface area (Å²) >= 11 is 3.27. The Balaban J connectivity index is 2.77. The van der Waals surface area contributed by atoms with Crippen molar-refractivity contribution in [2.45, 2.75) is 19.9 Å². The molecule has 0 heterocycles. The van der Waals surface area contributed by atoms with E-state index in [1.54, 1.807) is 19.2 Å². The first-order chi connectivity index (χ1) is 8.49. The Bertz CT molecular complexity index is 421. The zero-order chi connectivity index (χ0) is 13.7. The van der Waals surface area contributed by atoms with Crippen LogP contribution in [0.2, 0.25) is 0 Å². The van der Waals surface area contributed by atoms with Crippen LogP contribution in [0.15, 0.2) is 22.7 Å². The molecule has 100 valence electrons. The van der Waals surface area contributed by atoms with Crippen LogP contribution >= 0.6 is 15.9 Å². The zero-order valence-corrected chi connectivity index (χ0v) is 12.1. The van der Waals surface area contributed by atoms with Gasteiger partial charge in [-0.25, -0.2) is 4.39 Å². The van der Waals surface area contributed by atoms with Crippen molar-refractivity contribution < 1.29 is 14.3 Å². The Kier molecular flexibility index (Phi) is 5.75.